The molecule has 23 heavy (non-hydrogen) atoms. The summed E-state index contributed by atoms with van der Waals surface area (Å²) in [6, 6.07) is 13.9. The quantitative estimate of drug-likeness (QED) is 0.699. The zero-order valence-corrected chi connectivity index (χ0v) is 13.7. The standard InChI is InChI=1S/C17H19N3O2S/c1-22-14-5-2-4-13(10-14)16-11-17(20(19-16)7-8-21)18-12-15-6-3-9-23-15/h2-6,9-11,18,21H,7-8,12H2,1H3. The molecule has 0 aliphatic carbocycles. The number of aliphatic hydroxyl groups is 1. The maximum atomic E-state index is 9.25. The predicted octanol–water partition coefficient (Wildman–Crippen LogP) is 3.22. The Labute approximate surface area is 139 Å². The molecule has 2 N–H and O–H groups in total. The van der Waals surface area contributed by atoms with Gasteiger partial charge in [-0.15, -0.1) is 11.3 Å². The maximum Gasteiger partial charge on any atom is 0.125 e. The number of hydrogen-bond acceptors (Lipinski definition) is 5. The number of methoxy groups -OCH3 is 1. The molecule has 0 atom stereocenters. The monoisotopic (exact) mass is 329 g/mol. The Morgan fingerprint density at radius 3 is 2.91 bits per heavy atom. The van der Waals surface area contributed by atoms with Gasteiger partial charge in [0.05, 0.1) is 32.5 Å². The first-order chi connectivity index (χ1) is 11.3. The molecule has 0 saturated carbocycles. The first kappa shape index (κ1) is 15.6. The van der Waals surface area contributed by atoms with E-state index in [2.05, 4.69) is 21.9 Å². The smallest absolute Gasteiger partial charge is 0.125 e. The van der Waals surface area contributed by atoms with Crippen LogP contribution in [0.2, 0.25) is 0 Å². The summed E-state index contributed by atoms with van der Waals surface area (Å²) in [5.74, 6) is 1.69. The van der Waals surface area contributed by atoms with E-state index in [1.807, 2.05) is 36.4 Å². The normalized spacial score (nSPS) is 10.7. The average Bonchev–Trinajstić information content (AvgIpc) is 3.23. The van der Waals surface area contributed by atoms with Crippen molar-refractivity contribution in [3.05, 3.63) is 52.7 Å². The summed E-state index contributed by atoms with van der Waals surface area (Å²) in [5, 5.41) is 19.3. The van der Waals surface area contributed by atoms with Crippen LogP contribution in [-0.2, 0) is 13.1 Å². The molecule has 0 spiro atoms. The van der Waals surface area contributed by atoms with Crippen LogP contribution in [0.5, 0.6) is 5.75 Å². The second-order valence-electron chi connectivity index (χ2n) is 5.03. The van der Waals surface area contributed by atoms with Crippen molar-refractivity contribution in [2.45, 2.75) is 13.1 Å². The Kier molecular flexibility index (Phi) is 4.95. The fourth-order valence-corrected chi connectivity index (χ4v) is 2.98. The highest BCUT2D eigenvalue weighted by Crippen LogP contribution is 2.25. The summed E-state index contributed by atoms with van der Waals surface area (Å²) in [4.78, 5) is 1.25. The third-order valence-electron chi connectivity index (χ3n) is 3.48. The number of aliphatic hydroxyl groups excluding tert-OH is 1. The SMILES string of the molecule is COc1cccc(-c2cc(NCc3cccs3)n(CCO)n2)c1. The van der Waals surface area contributed by atoms with E-state index in [9.17, 15) is 5.11 Å². The lowest BCUT2D eigenvalue weighted by atomic mass is 10.1. The molecular weight excluding hydrogens is 310 g/mol. The van der Waals surface area contributed by atoms with E-state index in [1.165, 1.54) is 4.88 Å². The number of aromatic nitrogens is 2. The Morgan fingerprint density at radius 1 is 1.26 bits per heavy atom. The summed E-state index contributed by atoms with van der Waals surface area (Å²) < 4.78 is 7.06. The molecule has 6 heteroatoms. The Bertz CT molecular complexity index is 753. The molecular formula is C17H19N3O2S. The van der Waals surface area contributed by atoms with E-state index in [-0.39, 0.29) is 6.61 Å². The van der Waals surface area contributed by atoms with E-state index in [0.717, 1.165) is 29.4 Å². The molecule has 0 amide bonds. The molecule has 2 aromatic heterocycles. The highest BCUT2D eigenvalue weighted by Gasteiger charge is 2.10. The second kappa shape index (κ2) is 7.30. The zero-order valence-electron chi connectivity index (χ0n) is 12.9. The summed E-state index contributed by atoms with van der Waals surface area (Å²) >= 11 is 1.71. The minimum absolute atomic E-state index is 0.0485. The summed E-state index contributed by atoms with van der Waals surface area (Å²) in [7, 11) is 1.65. The largest absolute Gasteiger partial charge is 0.497 e. The first-order valence-corrected chi connectivity index (χ1v) is 8.27. The van der Waals surface area contributed by atoms with Crippen LogP contribution in [0.3, 0.4) is 0 Å². The number of nitrogens with zero attached hydrogens (tertiary/aromatic N) is 2. The van der Waals surface area contributed by atoms with Gasteiger partial charge >= 0.3 is 0 Å². The Morgan fingerprint density at radius 2 is 2.17 bits per heavy atom. The van der Waals surface area contributed by atoms with Crippen LogP contribution in [-0.4, -0.2) is 28.6 Å². The van der Waals surface area contributed by atoms with Gasteiger partial charge < -0.3 is 15.2 Å². The van der Waals surface area contributed by atoms with Crippen LogP contribution in [0.1, 0.15) is 4.88 Å². The first-order valence-electron chi connectivity index (χ1n) is 7.39. The van der Waals surface area contributed by atoms with E-state index in [4.69, 9.17) is 4.74 Å². The molecule has 120 valence electrons. The molecule has 0 aliphatic heterocycles. The fraction of sp³-hybridized carbons (Fsp3) is 0.235. The highest BCUT2D eigenvalue weighted by molar-refractivity contribution is 7.09. The van der Waals surface area contributed by atoms with Gasteiger partial charge in [0.15, 0.2) is 0 Å². The average molecular weight is 329 g/mol. The number of hydrogen-bond donors (Lipinski definition) is 2. The van der Waals surface area contributed by atoms with Crippen molar-refractivity contribution in [2.24, 2.45) is 0 Å². The molecule has 0 bridgehead atoms. The van der Waals surface area contributed by atoms with Gasteiger partial charge in [-0.1, -0.05) is 18.2 Å². The van der Waals surface area contributed by atoms with E-state index >= 15 is 0 Å². The third kappa shape index (κ3) is 3.72. The van der Waals surface area contributed by atoms with Crippen molar-refractivity contribution in [1.29, 1.82) is 0 Å². The summed E-state index contributed by atoms with van der Waals surface area (Å²) in [5.41, 5.74) is 1.84. The Hall–Kier alpha value is -2.31. The molecule has 0 aliphatic rings. The fourth-order valence-electron chi connectivity index (χ4n) is 2.34. The zero-order chi connectivity index (χ0) is 16.1. The lowest BCUT2D eigenvalue weighted by molar-refractivity contribution is 0.270. The van der Waals surface area contributed by atoms with E-state index < -0.39 is 0 Å². The van der Waals surface area contributed by atoms with Crippen LogP contribution < -0.4 is 10.1 Å². The lowest BCUT2D eigenvalue weighted by Gasteiger charge is -2.07. The van der Waals surface area contributed by atoms with Crippen LogP contribution in [0.25, 0.3) is 11.3 Å². The van der Waals surface area contributed by atoms with Crippen molar-refractivity contribution in [1.82, 2.24) is 9.78 Å². The van der Waals surface area contributed by atoms with Crippen molar-refractivity contribution in [3.63, 3.8) is 0 Å². The van der Waals surface area contributed by atoms with Crippen molar-refractivity contribution in [3.8, 4) is 17.0 Å². The molecule has 3 aromatic rings. The van der Waals surface area contributed by atoms with Crippen molar-refractivity contribution < 1.29 is 9.84 Å². The number of nitrogens with one attached hydrogen (secondary N) is 1. The van der Waals surface area contributed by atoms with Gasteiger partial charge in [-0.25, -0.2) is 4.68 Å². The molecule has 0 radical (unpaired) electrons. The molecule has 1 aromatic carbocycles. The summed E-state index contributed by atoms with van der Waals surface area (Å²) in [6.07, 6.45) is 0. The van der Waals surface area contributed by atoms with E-state index in [1.54, 1.807) is 23.1 Å². The third-order valence-corrected chi connectivity index (χ3v) is 4.36. The number of rotatable bonds is 7. The van der Waals surface area contributed by atoms with Crippen LogP contribution in [0, 0.1) is 0 Å². The molecule has 2 heterocycles. The number of thiophene rings is 1. The van der Waals surface area contributed by atoms with Crippen molar-refractivity contribution in [2.75, 3.05) is 19.0 Å². The van der Waals surface area contributed by atoms with Gasteiger partial charge in [-0.2, -0.15) is 5.10 Å². The van der Waals surface area contributed by atoms with Gasteiger partial charge in [0, 0.05) is 16.5 Å². The van der Waals surface area contributed by atoms with Gasteiger partial charge in [0.1, 0.15) is 11.6 Å². The predicted molar refractivity (Wildman–Crippen MR) is 92.9 cm³/mol. The van der Waals surface area contributed by atoms with Crippen LogP contribution in [0.15, 0.2) is 47.8 Å². The molecule has 0 saturated heterocycles. The number of benzene rings is 1. The van der Waals surface area contributed by atoms with Gasteiger partial charge in [-0.3, -0.25) is 0 Å². The topological polar surface area (TPSA) is 59.3 Å². The number of anilines is 1. The molecule has 0 unspecified atom stereocenters. The maximum absolute atomic E-state index is 9.25. The van der Waals surface area contributed by atoms with Crippen LogP contribution in [0.4, 0.5) is 5.82 Å². The molecule has 3 rings (SSSR count). The summed E-state index contributed by atoms with van der Waals surface area (Å²) in [6.45, 7) is 1.25. The minimum atomic E-state index is 0.0485. The molecule has 0 fully saturated rings. The lowest BCUT2D eigenvalue weighted by Crippen LogP contribution is -2.09. The molecule has 5 nitrogen and oxygen atoms in total. The van der Waals surface area contributed by atoms with Gasteiger partial charge in [-0.05, 0) is 23.6 Å². The van der Waals surface area contributed by atoms with Crippen molar-refractivity contribution >= 4 is 17.2 Å². The number of ether oxygens (including phenoxy) is 1. The van der Waals surface area contributed by atoms with Crippen LogP contribution >= 0.6 is 11.3 Å². The van der Waals surface area contributed by atoms with Gasteiger partial charge in [0.2, 0.25) is 0 Å². The Balaban J connectivity index is 1.85. The second-order valence-corrected chi connectivity index (χ2v) is 6.06. The minimum Gasteiger partial charge on any atom is -0.497 e. The highest BCUT2D eigenvalue weighted by atomic mass is 32.1. The van der Waals surface area contributed by atoms with Gasteiger partial charge in [0.25, 0.3) is 0 Å². The van der Waals surface area contributed by atoms with E-state index in [0.29, 0.717) is 6.54 Å².